The number of ether oxygens (including phenoxy) is 1. The third kappa shape index (κ3) is 3.06. The molecule has 25 heavy (non-hydrogen) atoms. The van der Waals surface area contributed by atoms with Gasteiger partial charge in [0.15, 0.2) is 0 Å². The van der Waals surface area contributed by atoms with Gasteiger partial charge in [-0.15, -0.1) is 0 Å². The van der Waals surface area contributed by atoms with Crippen molar-refractivity contribution in [3.05, 3.63) is 63.6 Å². The molecule has 0 bridgehead atoms. The van der Waals surface area contributed by atoms with E-state index < -0.39 is 0 Å². The molecule has 5 nitrogen and oxygen atoms in total. The summed E-state index contributed by atoms with van der Waals surface area (Å²) in [4.78, 5) is 28.5. The summed E-state index contributed by atoms with van der Waals surface area (Å²) in [7, 11) is 1.69. The molecule has 2 heterocycles. The summed E-state index contributed by atoms with van der Waals surface area (Å²) in [5.74, 6) is 1.07. The van der Waals surface area contributed by atoms with Gasteiger partial charge in [0.2, 0.25) is 11.5 Å². The molecule has 1 N–H and O–H groups in total. The largest absolute Gasteiger partial charge is 0.497 e. The molecule has 1 amide bonds. The first-order valence-corrected chi connectivity index (χ1v) is 8.72. The van der Waals surface area contributed by atoms with E-state index in [0.717, 1.165) is 30.7 Å². The van der Waals surface area contributed by atoms with E-state index in [1.54, 1.807) is 19.4 Å². The number of amides is 1. The average molecular weight is 338 g/mol. The molecule has 0 radical (unpaired) electrons. The first-order valence-electron chi connectivity index (χ1n) is 8.72. The number of rotatable bonds is 4. The minimum atomic E-state index is -0.117. The van der Waals surface area contributed by atoms with Gasteiger partial charge in [0, 0.05) is 37.2 Å². The van der Waals surface area contributed by atoms with E-state index in [9.17, 15) is 9.59 Å². The van der Waals surface area contributed by atoms with Crippen LogP contribution in [-0.2, 0) is 23.2 Å². The molecular formula is C20H22N2O3. The van der Waals surface area contributed by atoms with E-state index in [-0.39, 0.29) is 16.9 Å². The highest BCUT2D eigenvalue weighted by atomic mass is 16.5. The summed E-state index contributed by atoms with van der Waals surface area (Å²) in [6.07, 6.45) is 5.08. The highest BCUT2D eigenvalue weighted by molar-refractivity contribution is 5.77. The first-order chi connectivity index (χ1) is 12.1. The Morgan fingerprint density at radius 1 is 1.28 bits per heavy atom. The molecule has 5 heteroatoms. The molecule has 1 aromatic heterocycles. The van der Waals surface area contributed by atoms with E-state index in [1.807, 2.05) is 11.0 Å². The van der Waals surface area contributed by atoms with Gasteiger partial charge in [0.25, 0.3) is 0 Å². The Bertz CT molecular complexity index is 847. The van der Waals surface area contributed by atoms with Crippen LogP contribution in [0.4, 0.5) is 0 Å². The summed E-state index contributed by atoms with van der Waals surface area (Å²) in [5, 5.41) is 0. The second-order valence-corrected chi connectivity index (χ2v) is 7.11. The number of carbonyl (C=O) groups excluding carboxylic acids is 1. The fourth-order valence-electron chi connectivity index (χ4n) is 3.79. The number of aromatic amines is 1. The molecule has 2 aliphatic rings. The fourth-order valence-corrected chi connectivity index (χ4v) is 3.79. The number of pyridine rings is 1. The van der Waals surface area contributed by atoms with Crippen LogP contribution in [0.25, 0.3) is 0 Å². The van der Waals surface area contributed by atoms with Crippen molar-refractivity contribution in [2.24, 2.45) is 0 Å². The zero-order valence-corrected chi connectivity index (χ0v) is 14.4. The Hall–Kier alpha value is -2.56. The number of hydrogen-bond donors (Lipinski definition) is 1. The Balaban J connectivity index is 1.47. The summed E-state index contributed by atoms with van der Waals surface area (Å²) in [6.45, 7) is 1.48. The molecular weight excluding hydrogens is 316 g/mol. The van der Waals surface area contributed by atoms with Crippen LogP contribution in [0, 0.1) is 0 Å². The van der Waals surface area contributed by atoms with Crippen LogP contribution in [-0.4, -0.2) is 29.4 Å². The van der Waals surface area contributed by atoms with E-state index in [0.29, 0.717) is 19.4 Å². The molecule has 0 saturated heterocycles. The minimum Gasteiger partial charge on any atom is -0.497 e. The van der Waals surface area contributed by atoms with Gasteiger partial charge in [-0.1, -0.05) is 12.1 Å². The second kappa shape index (κ2) is 6.06. The maximum atomic E-state index is 12.7. The van der Waals surface area contributed by atoms with Crippen molar-refractivity contribution in [3.8, 4) is 5.75 Å². The number of H-pyrrole nitrogens is 1. The van der Waals surface area contributed by atoms with Gasteiger partial charge in [-0.25, -0.2) is 0 Å². The first kappa shape index (κ1) is 15.9. The highest BCUT2D eigenvalue weighted by Gasteiger charge is 2.50. The molecule has 1 aromatic carbocycles. The van der Waals surface area contributed by atoms with Crippen LogP contribution in [0.3, 0.4) is 0 Å². The lowest BCUT2D eigenvalue weighted by Crippen LogP contribution is -2.41. The molecule has 130 valence electrons. The molecule has 1 saturated carbocycles. The third-order valence-corrected chi connectivity index (χ3v) is 5.43. The summed E-state index contributed by atoms with van der Waals surface area (Å²) < 4.78 is 5.37. The number of methoxy groups -OCH3 is 1. The molecule has 0 atom stereocenters. The van der Waals surface area contributed by atoms with Crippen molar-refractivity contribution in [1.82, 2.24) is 9.88 Å². The van der Waals surface area contributed by atoms with Crippen LogP contribution in [0.2, 0.25) is 0 Å². The van der Waals surface area contributed by atoms with Gasteiger partial charge in [-0.05, 0) is 48.1 Å². The Labute approximate surface area is 146 Å². The third-order valence-electron chi connectivity index (χ3n) is 5.43. The number of nitrogens with one attached hydrogen (secondary N) is 1. The van der Waals surface area contributed by atoms with Crippen molar-refractivity contribution in [2.75, 3.05) is 13.7 Å². The second-order valence-electron chi connectivity index (χ2n) is 7.11. The van der Waals surface area contributed by atoms with E-state index in [1.165, 1.54) is 17.2 Å². The maximum Gasteiger partial charge on any atom is 0.247 e. The SMILES string of the molecule is COc1ccc2c(c1)C1(CC1)CN(C(=O)CCc1ccc(=O)[nH]c1)C2. The van der Waals surface area contributed by atoms with Gasteiger partial charge in [0.05, 0.1) is 7.11 Å². The number of nitrogens with zero attached hydrogens (tertiary/aromatic N) is 1. The van der Waals surface area contributed by atoms with Crippen molar-refractivity contribution in [3.63, 3.8) is 0 Å². The number of aromatic nitrogens is 1. The minimum absolute atomic E-state index is 0.117. The molecule has 1 spiro atoms. The molecule has 4 rings (SSSR count). The quantitative estimate of drug-likeness (QED) is 0.931. The molecule has 1 fully saturated rings. The Morgan fingerprint density at radius 2 is 2.12 bits per heavy atom. The van der Waals surface area contributed by atoms with Crippen LogP contribution >= 0.6 is 0 Å². The highest BCUT2D eigenvalue weighted by Crippen LogP contribution is 2.53. The normalized spacial score (nSPS) is 17.2. The summed E-state index contributed by atoms with van der Waals surface area (Å²) >= 11 is 0. The van der Waals surface area contributed by atoms with Crippen LogP contribution in [0.1, 0.15) is 36.0 Å². The number of aryl methyl sites for hydroxylation is 1. The molecule has 2 aromatic rings. The number of carbonyl (C=O) groups is 1. The number of benzene rings is 1. The van der Waals surface area contributed by atoms with Crippen molar-refractivity contribution >= 4 is 5.91 Å². The Morgan fingerprint density at radius 3 is 2.80 bits per heavy atom. The van der Waals surface area contributed by atoms with Gasteiger partial charge in [-0.3, -0.25) is 9.59 Å². The zero-order valence-electron chi connectivity index (χ0n) is 14.4. The standard InChI is InChI=1S/C20H22N2O3/c1-25-16-5-4-15-12-22(13-20(8-9-20)17(15)10-16)19(24)7-3-14-2-6-18(23)21-11-14/h2,4-6,10-11H,3,7-9,12-13H2,1H3,(H,21,23). The van der Waals surface area contributed by atoms with E-state index in [4.69, 9.17) is 4.74 Å². The average Bonchev–Trinajstić information content (AvgIpc) is 3.40. The lowest BCUT2D eigenvalue weighted by molar-refractivity contribution is -0.132. The molecule has 1 aliphatic carbocycles. The van der Waals surface area contributed by atoms with Gasteiger partial charge >= 0.3 is 0 Å². The van der Waals surface area contributed by atoms with Gasteiger partial charge in [-0.2, -0.15) is 0 Å². The van der Waals surface area contributed by atoms with Gasteiger partial charge in [0.1, 0.15) is 5.75 Å². The topological polar surface area (TPSA) is 62.4 Å². The maximum absolute atomic E-state index is 12.7. The monoisotopic (exact) mass is 338 g/mol. The predicted octanol–water partition coefficient (Wildman–Crippen LogP) is 2.39. The fraction of sp³-hybridized carbons (Fsp3) is 0.400. The number of hydrogen-bond acceptors (Lipinski definition) is 3. The predicted molar refractivity (Wildman–Crippen MR) is 94.7 cm³/mol. The Kier molecular flexibility index (Phi) is 3.86. The zero-order chi connectivity index (χ0) is 17.4. The van der Waals surface area contributed by atoms with E-state index >= 15 is 0 Å². The smallest absolute Gasteiger partial charge is 0.247 e. The van der Waals surface area contributed by atoms with Crippen LogP contribution in [0.5, 0.6) is 5.75 Å². The lowest BCUT2D eigenvalue weighted by atomic mass is 9.86. The molecule has 1 aliphatic heterocycles. The van der Waals surface area contributed by atoms with Crippen LogP contribution < -0.4 is 10.3 Å². The lowest BCUT2D eigenvalue weighted by Gasteiger charge is -2.35. The van der Waals surface area contributed by atoms with Crippen LogP contribution in [0.15, 0.2) is 41.3 Å². The molecule has 0 unspecified atom stereocenters. The van der Waals surface area contributed by atoms with E-state index in [2.05, 4.69) is 17.1 Å². The summed E-state index contributed by atoms with van der Waals surface area (Å²) in [6, 6.07) is 9.50. The summed E-state index contributed by atoms with van der Waals surface area (Å²) in [5.41, 5.74) is 3.60. The van der Waals surface area contributed by atoms with Gasteiger partial charge < -0.3 is 14.6 Å². The van der Waals surface area contributed by atoms with Crippen molar-refractivity contribution < 1.29 is 9.53 Å². The van der Waals surface area contributed by atoms with Crippen molar-refractivity contribution in [2.45, 2.75) is 37.6 Å². The number of fused-ring (bicyclic) bond motifs is 2. The van der Waals surface area contributed by atoms with Crippen molar-refractivity contribution in [1.29, 1.82) is 0 Å².